The van der Waals surface area contributed by atoms with Crippen molar-refractivity contribution in [1.29, 1.82) is 0 Å². The molecule has 2 unspecified atom stereocenters. The number of amides is 1. The van der Waals surface area contributed by atoms with Gasteiger partial charge in [0.15, 0.2) is 5.96 Å². The molecule has 0 spiro atoms. The van der Waals surface area contributed by atoms with Crippen molar-refractivity contribution >= 4 is 47.6 Å². The first-order valence-electron chi connectivity index (χ1n) is 8.91. The molecule has 1 aliphatic carbocycles. The molecular weight excluding hydrogens is 459 g/mol. The molecule has 7 heteroatoms. The summed E-state index contributed by atoms with van der Waals surface area (Å²) in [7, 11) is 3.53. The summed E-state index contributed by atoms with van der Waals surface area (Å²) in [4.78, 5) is 18.2. The summed E-state index contributed by atoms with van der Waals surface area (Å²) in [6.07, 6.45) is 5.88. The van der Waals surface area contributed by atoms with E-state index in [1.807, 2.05) is 36.0 Å². The second kappa shape index (κ2) is 11.7. The smallest absolute Gasteiger partial charge is 0.253 e. The molecule has 146 valence electrons. The number of aliphatic imine (C=N–C) groups is 1. The molecule has 2 rings (SSSR count). The molecule has 1 aliphatic rings. The second-order valence-electron chi connectivity index (χ2n) is 6.60. The van der Waals surface area contributed by atoms with Gasteiger partial charge in [-0.15, -0.1) is 24.0 Å². The number of carbonyl (C=O) groups excluding carboxylic acids is 1. The van der Waals surface area contributed by atoms with Gasteiger partial charge in [0.25, 0.3) is 5.91 Å². The van der Waals surface area contributed by atoms with Crippen LogP contribution in [0.5, 0.6) is 0 Å². The second-order valence-corrected chi connectivity index (χ2v) is 7.74. The lowest BCUT2D eigenvalue weighted by Gasteiger charge is -2.17. The summed E-state index contributed by atoms with van der Waals surface area (Å²) < 4.78 is 0. The molecule has 0 aromatic heterocycles. The Kier molecular flexibility index (Phi) is 10.4. The highest BCUT2D eigenvalue weighted by molar-refractivity contribution is 14.0. The number of rotatable bonds is 6. The Labute approximate surface area is 178 Å². The first-order chi connectivity index (χ1) is 12.0. The SMILES string of the molecule is CCNC(=NCc1ccc(C(=O)N(C)C)cc1)NC1CCC(SC)C1.I. The number of benzene rings is 1. The van der Waals surface area contributed by atoms with E-state index in [9.17, 15) is 4.79 Å². The number of halogens is 1. The van der Waals surface area contributed by atoms with Gasteiger partial charge in [-0.05, 0) is 50.1 Å². The molecule has 0 heterocycles. The number of nitrogens with one attached hydrogen (secondary N) is 2. The highest BCUT2D eigenvalue weighted by atomic mass is 127. The minimum absolute atomic E-state index is 0. The van der Waals surface area contributed by atoms with Crippen molar-refractivity contribution in [1.82, 2.24) is 15.5 Å². The summed E-state index contributed by atoms with van der Waals surface area (Å²) in [6.45, 7) is 3.53. The summed E-state index contributed by atoms with van der Waals surface area (Å²) in [5.74, 6) is 0.900. The van der Waals surface area contributed by atoms with E-state index in [0.717, 1.165) is 23.3 Å². The van der Waals surface area contributed by atoms with Crippen LogP contribution >= 0.6 is 35.7 Å². The maximum Gasteiger partial charge on any atom is 0.253 e. The van der Waals surface area contributed by atoms with Crippen LogP contribution in [0, 0.1) is 0 Å². The van der Waals surface area contributed by atoms with E-state index in [-0.39, 0.29) is 29.9 Å². The van der Waals surface area contributed by atoms with E-state index in [1.165, 1.54) is 19.3 Å². The lowest BCUT2D eigenvalue weighted by Crippen LogP contribution is -2.42. The fourth-order valence-electron chi connectivity index (χ4n) is 2.98. The molecule has 0 bridgehead atoms. The number of hydrogen-bond acceptors (Lipinski definition) is 3. The van der Waals surface area contributed by atoms with Crippen LogP contribution in [0.15, 0.2) is 29.3 Å². The van der Waals surface area contributed by atoms with Crippen LogP contribution < -0.4 is 10.6 Å². The van der Waals surface area contributed by atoms with Crippen LogP contribution in [0.25, 0.3) is 0 Å². The number of hydrogen-bond donors (Lipinski definition) is 2. The first-order valence-corrected chi connectivity index (χ1v) is 10.2. The third kappa shape index (κ3) is 6.98. The minimum Gasteiger partial charge on any atom is -0.357 e. The number of nitrogens with zero attached hydrogens (tertiary/aromatic N) is 2. The van der Waals surface area contributed by atoms with Crippen molar-refractivity contribution < 1.29 is 4.79 Å². The summed E-state index contributed by atoms with van der Waals surface area (Å²) in [5.41, 5.74) is 1.80. The van der Waals surface area contributed by atoms with E-state index in [1.54, 1.807) is 19.0 Å². The Hall–Kier alpha value is -0.960. The summed E-state index contributed by atoms with van der Waals surface area (Å²) in [6, 6.07) is 8.20. The summed E-state index contributed by atoms with van der Waals surface area (Å²) >= 11 is 1.96. The molecule has 0 radical (unpaired) electrons. The van der Waals surface area contributed by atoms with Gasteiger partial charge in [-0.3, -0.25) is 4.79 Å². The van der Waals surface area contributed by atoms with E-state index < -0.39 is 0 Å². The third-order valence-electron chi connectivity index (χ3n) is 4.43. The monoisotopic (exact) mass is 490 g/mol. The lowest BCUT2D eigenvalue weighted by atomic mass is 10.1. The Morgan fingerprint density at radius 2 is 1.96 bits per heavy atom. The quantitative estimate of drug-likeness (QED) is 0.365. The van der Waals surface area contributed by atoms with Crippen LogP contribution in [-0.4, -0.2) is 55.0 Å². The average Bonchev–Trinajstić information content (AvgIpc) is 3.07. The zero-order valence-corrected chi connectivity index (χ0v) is 19.3. The fraction of sp³-hybridized carbons (Fsp3) is 0.579. The van der Waals surface area contributed by atoms with Crippen molar-refractivity contribution in [3.63, 3.8) is 0 Å². The van der Waals surface area contributed by atoms with Gasteiger partial charge < -0.3 is 15.5 Å². The van der Waals surface area contributed by atoms with Crippen LogP contribution in [-0.2, 0) is 6.54 Å². The van der Waals surface area contributed by atoms with E-state index in [0.29, 0.717) is 18.2 Å². The van der Waals surface area contributed by atoms with E-state index in [2.05, 4.69) is 23.8 Å². The van der Waals surface area contributed by atoms with Crippen LogP contribution in [0.2, 0.25) is 0 Å². The maximum absolute atomic E-state index is 11.9. The van der Waals surface area contributed by atoms with Crippen molar-refractivity contribution in [3.05, 3.63) is 35.4 Å². The van der Waals surface area contributed by atoms with Gasteiger partial charge in [0.05, 0.1) is 6.54 Å². The van der Waals surface area contributed by atoms with Gasteiger partial charge >= 0.3 is 0 Å². The van der Waals surface area contributed by atoms with Crippen LogP contribution in [0.3, 0.4) is 0 Å². The molecule has 1 fully saturated rings. The molecule has 0 saturated heterocycles. The maximum atomic E-state index is 11.9. The van der Waals surface area contributed by atoms with Gasteiger partial charge in [0.1, 0.15) is 0 Å². The van der Waals surface area contributed by atoms with E-state index in [4.69, 9.17) is 4.99 Å². The van der Waals surface area contributed by atoms with Crippen molar-refractivity contribution in [2.24, 2.45) is 4.99 Å². The van der Waals surface area contributed by atoms with Crippen molar-refractivity contribution in [2.75, 3.05) is 26.9 Å². The zero-order valence-electron chi connectivity index (χ0n) is 16.1. The van der Waals surface area contributed by atoms with Gasteiger partial charge in [-0.1, -0.05) is 12.1 Å². The highest BCUT2D eigenvalue weighted by Crippen LogP contribution is 2.28. The predicted molar refractivity (Wildman–Crippen MR) is 123 cm³/mol. The minimum atomic E-state index is 0. The molecule has 26 heavy (non-hydrogen) atoms. The first kappa shape index (κ1) is 23.1. The van der Waals surface area contributed by atoms with Gasteiger partial charge in [0.2, 0.25) is 0 Å². The number of thioether (sulfide) groups is 1. The van der Waals surface area contributed by atoms with Crippen molar-refractivity contribution in [2.45, 2.75) is 44.0 Å². The normalized spacial score (nSPS) is 19.6. The average molecular weight is 490 g/mol. The Morgan fingerprint density at radius 3 is 2.50 bits per heavy atom. The molecule has 2 N–H and O–H groups in total. The molecule has 2 atom stereocenters. The fourth-order valence-corrected chi connectivity index (χ4v) is 3.78. The Morgan fingerprint density at radius 1 is 1.27 bits per heavy atom. The zero-order chi connectivity index (χ0) is 18.2. The predicted octanol–water partition coefficient (Wildman–Crippen LogP) is 3.35. The Bertz CT molecular complexity index is 592. The molecule has 1 aromatic carbocycles. The van der Waals surface area contributed by atoms with Crippen LogP contribution in [0.1, 0.15) is 42.1 Å². The number of carbonyl (C=O) groups is 1. The third-order valence-corrected chi connectivity index (χ3v) is 5.52. The standard InChI is InChI=1S/C19H30N4OS.HI/c1-5-20-19(22-16-10-11-17(12-16)25-4)21-13-14-6-8-15(9-7-14)18(24)23(2)3;/h6-9,16-17H,5,10-13H2,1-4H3,(H2,20,21,22);1H. The van der Waals surface area contributed by atoms with E-state index >= 15 is 0 Å². The van der Waals surface area contributed by atoms with Crippen molar-refractivity contribution in [3.8, 4) is 0 Å². The molecule has 1 saturated carbocycles. The molecule has 1 amide bonds. The molecule has 0 aliphatic heterocycles. The molecule has 5 nitrogen and oxygen atoms in total. The van der Waals surface area contributed by atoms with Crippen LogP contribution in [0.4, 0.5) is 0 Å². The van der Waals surface area contributed by atoms with Gasteiger partial charge in [-0.2, -0.15) is 11.8 Å². The number of guanidine groups is 1. The van der Waals surface area contributed by atoms with Gasteiger partial charge in [-0.25, -0.2) is 4.99 Å². The highest BCUT2D eigenvalue weighted by Gasteiger charge is 2.24. The van der Waals surface area contributed by atoms with Gasteiger partial charge in [0, 0.05) is 37.5 Å². The Balaban J connectivity index is 0.00000338. The molecule has 1 aromatic rings. The molecular formula is C19H31IN4OS. The topological polar surface area (TPSA) is 56.7 Å². The summed E-state index contributed by atoms with van der Waals surface area (Å²) in [5, 5.41) is 7.66. The lowest BCUT2D eigenvalue weighted by molar-refractivity contribution is 0.0827. The largest absolute Gasteiger partial charge is 0.357 e.